The van der Waals surface area contributed by atoms with Gasteiger partial charge in [0.1, 0.15) is 0 Å². The van der Waals surface area contributed by atoms with Gasteiger partial charge in [-0.05, 0) is 30.6 Å². The van der Waals surface area contributed by atoms with Crippen molar-refractivity contribution in [3.8, 4) is 0 Å². The molecule has 0 aliphatic rings. The van der Waals surface area contributed by atoms with Crippen LogP contribution in [-0.4, -0.2) is 12.0 Å². The molecule has 0 spiro atoms. The first-order chi connectivity index (χ1) is 6.42. The smallest absolute Gasteiger partial charge is 0.0820 e. The van der Waals surface area contributed by atoms with E-state index in [1.807, 2.05) is 19.3 Å². The number of aromatic amines is 1. The van der Waals surface area contributed by atoms with E-state index >= 15 is 0 Å². The average molecular weight is 192 g/mol. The average Bonchev–Trinajstić information content (AvgIpc) is 2.76. The van der Waals surface area contributed by atoms with Gasteiger partial charge in [0.15, 0.2) is 0 Å². The molecule has 0 aliphatic heterocycles. The van der Waals surface area contributed by atoms with E-state index in [9.17, 15) is 0 Å². The van der Waals surface area contributed by atoms with Crippen LogP contribution in [0.25, 0.3) is 0 Å². The van der Waals surface area contributed by atoms with Gasteiger partial charge in [0, 0.05) is 16.8 Å². The molecule has 2 heterocycles. The molecule has 2 aromatic rings. The first-order valence-electron chi connectivity index (χ1n) is 4.26. The minimum atomic E-state index is 0.301. The number of hydrogen-bond donors (Lipinski definition) is 2. The first kappa shape index (κ1) is 8.53. The minimum Gasteiger partial charge on any atom is -0.363 e. The number of rotatable bonds is 3. The molecule has 0 amide bonds. The lowest BCUT2D eigenvalue weighted by atomic mass is 10.2. The molecule has 0 aromatic carbocycles. The Labute approximate surface area is 81.6 Å². The second-order valence-corrected chi connectivity index (χ2v) is 3.84. The highest BCUT2D eigenvalue weighted by Crippen LogP contribution is 2.23. The van der Waals surface area contributed by atoms with Gasteiger partial charge in [0.2, 0.25) is 0 Å². The number of H-pyrrole nitrogens is 1. The van der Waals surface area contributed by atoms with Crippen molar-refractivity contribution in [2.75, 3.05) is 7.05 Å². The van der Waals surface area contributed by atoms with E-state index in [1.165, 1.54) is 10.6 Å². The summed E-state index contributed by atoms with van der Waals surface area (Å²) in [6.45, 7) is 0. The fourth-order valence-corrected chi connectivity index (χ4v) is 2.28. The summed E-state index contributed by atoms with van der Waals surface area (Å²) in [6, 6.07) is 8.64. The third-order valence-electron chi connectivity index (χ3n) is 2.05. The van der Waals surface area contributed by atoms with E-state index in [1.54, 1.807) is 11.3 Å². The lowest BCUT2D eigenvalue weighted by Gasteiger charge is -2.12. The predicted octanol–water partition coefficient (Wildman–Crippen LogP) is 2.39. The van der Waals surface area contributed by atoms with E-state index < -0.39 is 0 Å². The first-order valence-corrected chi connectivity index (χ1v) is 5.13. The second-order valence-electron chi connectivity index (χ2n) is 2.86. The van der Waals surface area contributed by atoms with Gasteiger partial charge < -0.3 is 10.3 Å². The molecule has 1 atom stereocenters. The van der Waals surface area contributed by atoms with Crippen molar-refractivity contribution in [1.82, 2.24) is 10.3 Å². The Morgan fingerprint density at radius 1 is 1.38 bits per heavy atom. The SMILES string of the molecule is CNC(c1ccc[nH]1)c1cccs1. The van der Waals surface area contributed by atoms with Crippen molar-refractivity contribution in [2.24, 2.45) is 0 Å². The van der Waals surface area contributed by atoms with Crippen molar-refractivity contribution in [3.63, 3.8) is 0 Å². The molecule has 2 aromatic heterocycles. The fourth-order valence-electron chi connectivity index (χ4n) is 1.43. The van der Waals surface area contributed by atoms with Crippen molar-refractivity contribution >= 4 is 11.3 Å². The summed E-state index contributed by atoms with van der Waals surface area (Å²) in [7, 11) is 1.98. The maximum Gasteiger partial charge on any atom is 0.0820 e. The van der Waals surface area contributed by atoms with Crippen molar-refractivity contribution < 1.29 is 0 Å². The molecule has 0 aliphatic carbocycles. The van der Waals surface area contributed by atoms with Gasteiger partial charge in [-0.2, -0.15) is 0 Å². The molecule has 3 heteroatoms. The largest absolute Gasteiger partial charge is 0.363 e. The third-order valence-corrected chi connectivity index (χ3v) is 2.99. The fraction of sp³-hybridized carbons (Fsp3) is 0.200. The maximum absolute atomic E-state index is 3.29. The topological polar surface area (TPSA) is 27.8 Å². The summed E-state index contributed by atoms with van der Waals surface area (Å²) >= 11 is 1.77. The molecule has 0 fully saturated rings. The van der Waals surface area contributed by atoms with Gasteiger partial charge in [-0.15, -0.1) is 11.3 Å². The predicted molar refractivity (Wildman–Crippen MR) is 56.0 cm³/mol. The van der Waals surface area contributed by atoms with Crippen LogP contribution in [0.5, 0.6) is 0 Å². The highest BCUT2D eigenvalue weighted by Gasteiger charge is 2.12. The standard InChI is InChI=1S/C10H12N2S/c1-11-10(8-4-2-6-12-8)9-5-3-7-13-9/h2-7,10-12H,1H3. The van der Waals surface area contributed by atoms with Gasteiger partial charge in [0.05, 0.1) is 6.04 Å². The Bertz CT molecular complexity index is 303. The molecular weight excluding hydrogens is 180 g/mol. The van der Waals surface area contributed by atoms with E-state index in [2.05, 4.69) is 33.9 Å². The zero-order chi connectivity index (χ0) is 9.10. The quantitative estimate of drug-likeness (QED) is 0.767. The van der Waals surface area contributed by atoms with Crippen LogP contribution in [0.3, 0.4) is 0 Å². The Kier molecular flexibility index (Phi) is 2.47. The molecule has 1 unspecified atom stereocenters. The van der Waals surface area contributed by atoms with Crippen molar-refractivity contribution in [1.29, 1.82) is 0 Å². The summed E-state index contributed by atoms with van der Waals surface area (Å²) in [6.07, 6.45) is 1.95. The Morgan fingerprint density at radius 3 is 2.85 bits per heavy atom. The summed E-state index contributed by atoms with van der Waals surface area (Å²) in [5.41, 5.74) is 1.21. The third kappa shape index (κ3) is 1.66. The lowest BCUT2D eigenvalue weighted by Crippen LogP contribution is -2.16. The van der Waals surface area contributed by atoms with Crippen LogP contribution in [0.15, 0.2) is 35.8 Å². The highest BCUT2D eigenvalue weighted by atomic mass is 32.1. The van der Waals surface area contributed by atoms with E-state index in [4.69, 9.17) is 0 Å². The minimum absolute atomic E-state index is 0.301. The molecule has 0 radical (unpaired) electrons. The molecule has 13 heavy (non-hydrogen) atoms. The second kappa shape index (κ2) is 3.77. The highest BCUT2D eigenvalue weighted by molar-refractivity contribution is 7.10. The number of hydrogen-bond acceptors (Lipinski definition) is 2. The monoisotopic (exact) mass is 192 g/mol. The molecule has 0 saturated carbocycles. The zero-order valence-electron chi connectivity index (χ0n) is 7.45. The van der Waals surface area contributed by atoms with E-state index in [-0.39, 0.29) is 0 Å². The Balaban J connectivity index is 2.29. The summed E-state index contributed by atoms with van der Waals surface area (Å²) < 4.78 is 0. The summed E-state index contributed by atoms with van der Waals surface area (Å²) in [4.78, 5) is 4.56. The molecule has 2 rings (SSSR count). The van der Waals surface area contributed by atoms with Gasteiger partial charge in [-0.3, -0.25) is 0 Å². The van der Waals surface area contributed by atoms with Gasteiger partial charge >= 0.3 is 0 Å². The molecule has 0 bridgehead atoms. The van der Waals surface area contributed by atoms with Crippen LogP contribution < -0.4 is 5.32 Å². The Hall–Kier alpha value is -1.06. The van der Waals surface area contributed by atoms with Crippen molar-refractivity contribution in [3.05, 3.63) is 46.4 Å². The summed E-state index contributed by atoms with van der Waals surface area (Å²) in [5, 5.41) is 5.39. The van der Waals surface area contributed by atoms with Gasteiger partial charge in [-0.25, -0.2) is 0 Å². The maximum atomic E-state index is 3.29. The number of nitrogens with one attached hydrogen (secondary N) is 2. The van der Waals surface area contributed by atoms with E-state index in [0.717, 1.165) is 0 Å². The van der Waals surface area contributed by atoms with Crippen LogP contribution in [-0.2, 0) is 0 Å². The zero-order valence-corrected chi connectivity index (χ0v) is 8.27. The van der Waals surface area contributed by atoms with Gasteiger partial charge in [-0.1, -0.05) is 6.07 Å². The number of aromatic nitrogens is 1. The van der Waals surface area contributed by atoms with Crippen molar-refractivity contribution in [2.45, 2.75) is 6.04 Å². The Morgan fingerprint density at radius 2 is 2.31 bits per heavy atom. The molecule has 2 N–H and O–H groups in total. The lowest BCUT2D eigenvalue weighted by molar-refractivity contribution is 0.687. The van der Waals surface area contributed by atoms with Crippen LogP contribution in [0, 0.1) is 0 Å². The van der Waals surface area contributed by atoms with Crippen LogP contribution in [0.4, 0.5) is 0 Å². The number of thiophene rings is 1. The van der Waals surface area contributed by atoms with E-state index in [0.29, 0.717) is 6.04 Å². The van der Waals surface area contributed by atoms with Crippen LogP contribution in [0.2, 0.25) is 0 Å². The normalized spacial score (nSPS) is 13.0. The van der Waals surface area contributed by atoms with Crippen LogP contribution in [0.1, 0.15) is 16.6 Å². The molecular formula is C10H12N2S. The molecule has 68 valence electrons. The molecule has 0 saturated heterocycles. The van der Waals surface area contributed by atoms with Gasteiger partial charge in [0.25, 0.3) is 0 Å². The van der Waals surface area contributed by atoms with Crippen LogP contribution >= 0.6 is 11.3 Å². The summed E-state index contributed by atoms with van der Waals surface area (Å²) in [5.74, 6) is 0. The molecule has 2 nitrogen and oxygen atoms in total.